The molecule has 2 heterocycles. The number of hydrogen-bond donors (Lipinski definition) is 0. The largest absolute Gasteiger partial charge is 0.288 e. The molecule has 0 atom stereocenters. The summed E-state index contributed by atoms with van der Waals surface area (Å²) < 4.78 is 1.86. The zero-order chi connectivity index (χ0) is 12.3. The smallest absolute Gasteiger partial charge is 0.141 e. The lowest BCUT2D eigenvalue weighted by atomic mass is 10.3. The molecular formula is C12H11ClN4. The Morgan fingerprint density at radius 2 is 2.29 bits per heavy atom. The van der Waals surface area contributed by atoms with Gasteiger partial charge in [-0.1, -0.05) is 18.5 Å². The number of imidazole rings is 1. The number of nitrogens with zero attached hydrogens (tertiary/aromatic N) is 4. The summed E-state index contributed by atoms with van der Waals surface area (Å²) in [6.45, 7) is 2.09. The van der Waals surface area contributed by atoms with E-state index in [0.29, 0.717) is 16.5 Å². The van der Waals surface area contributed by atoms with E-state index in [0.717, 1.165) is 18.7 Å². The van der Waals surface area contributed by atoms with Crippen molar-refractivity contribution in [2.75, 3.05) is 0 Å². The van der Waals surface area contributed by atoms with Crippen molar-refractivity contribution in [2.45, 2.75) is 19.8 Å². The van der Waals surface area contributed by atoms with Crippen LogP contribution >= 0.6 is 11.6 Å². The highest BCUT2D eigenvalue weighted by Crippen LogP contribution is 2.15. The fourth-order valence-electron chi connectivity index (χ4n) is 1.62. The maximum absolute atomic E-state index is 8.90. The minimum Gasteiger partial charge on any atom is -0.288 e. The Kier molecular flexibility index (Phi) is 3.40. The molecule has 0 aliphatic rings. The maximum Gasteiger partial charge on any atom is 0.141 e. The molecule has 0 radical (unpaired) electrons. The second-order valence-electron chi connectivity index (χ2n) is 3.61. The minimum absolute atomic E-state index is 0.315. The van der Waals surface area contributed by atoms with Crippen molar-refractivity contribution in [1.29, 1.82) is 5.26 Å². The summed E-state index contributed by atoms with van der Waals surface area (Å²) in [4.78, 5) is 8.47. The Balaban J connectivity index is 2.49. The number of rotatable bonds is 3. The number of hydrogen-bond acceptors (Lipinski definition) is 3. The average molecular weight is 247 g/mol. The van der Waals surface area contributed by atoms with Crippen LogP contribution < -0.4 is 0 Å². The van der Waals surface area contributed by atoms with Gasteiger partial charge >= 0.3 is 0 Å². The molecule has 17 heavy (non-hydrogen) atoms. The zero-order valence-electron chi connectivity index (χ0n) is 9.39. The van der Waals surface area contributed by atoms with Gasteiger partial charge in [-0.15, -0.1) is 0 Å². The molecule has 0 saturated carbocycles. The molecule has 2 rings (SSSR count). The van der Waals surface area contributed by atoms with Crippen molar-refractivity contribution in [3.63, 3.8) is 0 Å². The quantitative estimate of drug-likeness (QED) is 0.783. The minimum atomic E-state index is 0.315. The Bertz CT molecular complexity index is 568. The lowest BCUT2D eigenvalue weighted by Crippen LogP contribution is -2.03. The summed E-state index contributed by atoms with van der Waals surface area (Å²) in [7, 11) is 0. The molecule has 2 aromatic rings. The summed E-state index contributed by atoms with van der Waals surface area (Å²) >= 11 is 5.88. The van der Waals surface area contributed by atoms with Crippen molar-refractivity contribution in [2.24, 2.45) is 0 Å². The first kappa shape index (κ1) is 11.6. The van der Waals surface area contributed by atoms with Crippen LogP contribution in [0, 0.1) is 11.3 Å². The highest BCUT2D eigenvalue weighted by Gasteiger charge is 2.07. The third kappa shape index (κ3) is 2.45. The average Bonchev–Trinajstić information content (AvgIpc) is 2.77. The van der Waals surface area contributed by atoms with Gasteiger partial charge in [-0.3, -0.25) is 4.57 Å². The molecule has 5 heteroatoms. The van der Waals surface area contributed by atoms with Gasteiger partial charge in [0.2, 0.25) is 0 Å². The molecule has 4 nitrogen and oxygen atoms in total. The number of nitriles is 1. The van der Waals surface area contributed by atoms with Crippen LogP contribution in [0.3, 0.4) is 0 Å². The van der Waals surface area contributed by atoms with Gasteiger partial charge in [0.1, 0.15) is 16.8 Å². The Morgan fingerprint density at radius 1 is 1.47 bits per heavy atom. The van der Waals surface area contributed by atoms with Crippen molar-refractivity contribution in [1.82, 2.24) is 14.5 Å². The van der Waals surface area contributed by atoms with Gasteiger partial charge in [-0.2, -0.15) is 5.26 Å². The summed E-state index contributed by atoms with van der Waals surface area (Å²) in [6.07, 6.45) is 5.41. The van der Waals surface area contributed by atoms with E-state index in [9.17, 15) is 0 Å². The molecule has 0 fully saturated rings. The summed E-state index contributed by atoms with van der Waals surface area (Å²) in [5, 5.41) is 9.21. The molecule has 0 N–H and O–H groups in total. The van der Waals surface area contributed by atoms with E-state index in [1.165, 1.54) is 0 Å². The predicted molar refractivity (Wildman–Crippen MR) is 65.1 cm³/mol. The van der Waals surface area contributed by atoms with E-state index in [-0.39, 0.29) is 0 Å². The van der Waals surface area contributed by atoms with Crippen molar-refractivity contribution < 1.29 is 0 Å². The molecule has 86 valence electrons. The van der Waals surface area contributed by atoms with Gasteiger partial charge in [0, 0.05) is 18.8 Å². The molecule has 0 aliphatic carbocycles. The fraction of sp³-hybridized carbons (Fsp3) is 0.250. The van der Waals surface area contributed by atoms with E-state index < -0.39 is 0 Å². The van der Waals surface area contributed by atoms with Gasteiger partial charge < -0.3 is 0 Å². The molecule has 0 bridgehead atoms. The molecule has 2 aromatic heterocycles. The molecule has 0 aliphatic heterocycles. The van der Waals surface area contributed by atoms with E-state index in [4.69, 9.17) is 16.9 Å². The number of aryl methyl sites for hydroxylation is 1. The van der Waals surface area contributed by atoms with Crippen molar-refractivity contribution in [3.8, 4) is 11.9 Å². The highest BCUT2D eigenvalue weighted by atomic mass is 35.5. The molecule has 0 unspecified atom stereocenters. The molecule has 0 spiro atoms. The molecular weight excluding hydrogens is 236 g/mol. The van der Waals surface area contributed by atoms with E-state index in [1.807, 2.05) is 10.8 Å². The van der Waals surface area contributed by atoms with Crippen LogP contribution in [-0.2, 0) is 6.42 Å². The van der Waals surface area contributed by atoms with Crippen LogP contribution in [0.5, 0.6) is 0 Å². The van der Waals surface area contributed by atoms with Gasteiger partial charge in [0.15, 0.2) is 0 Å². The third-order valence-electron chi connectivity index (χ3n) is 2.35. The standard InChI is InChI=1S/C12H11ClN4/c1-2-3-11-15-4-5-17(11)12-7-9(8-14)6-10(13)16-12/h4-7H,2-3H2,1H3. The molecule has 0 amide bonds. The van der Waals surface area contributed by atoms with E-state index >= 15 is 0 Å². The van der Waals surface area contributed by atoms with Gasteiger partial charge in [-0.25, -0.2) is 9.97 Å². The number of halogens is 1. The third-order valence-corrected chi connectivity index (χ3v) is 2.54. The zero-order valence-corrected chi connectivity index (χ0v) is 10.1. The van der Waals surface area contributed by atoms with Gasteiger partial charge in [0.05, 0.1) is 11.6 Å². The van der Waals surface area contributed by atoms with Gasteiger partial charge in [-0.05, 0) is 18.6 Å². The van der Waals surface area contributed by atoms with E-state index in [2.05, 4.69) is 23.0 Å². The number of aromatic nitrogens is 3. The fourth-order valence-corrected chi connectivity index (χ4v) is 1.83. The Morgan fingerprint density at radius 3 is 3.00 bits per heavy atom. The molecule has 0 saturated heterocycles. The number of pyridine rings is 1. The summed E-state index contributed by atoms with van der Waals surface area (Å²) in [5.41, 5.74) is 0.496. The second-order valence-corrected chi connectivity index (χ2v) is 4.00. The predicted octanol–water partition coefficient (Wildman–Crippen LogP) is 2.74. The van der Waals surface area contributed by atoms with Crippen molar-refractivity contribution in [3.05, 3.63) is 41.1 Å². The first-order chi connectivity index (χ1) is 8.24. The van der Waals surface area contributed by atoms with Crippen LogP contribution in [0.25, 0.3) is 5.82 Å². The maximum atomic E-state index is 8.90. The highest BCUT2D eigenvalue weighted by molar-refractivity contribution is 6.29. The van der Waals surface area contributed by atoms with E-state index in [1.54, 1.807) is 18.3 Å². The monoisotopic (exact) mass is 246 g/mol. The Hall–Kier alpha value is -1.86. The summed E-state index contributed by atoms with van der Waals surface area (Å²) in [5.74, 6) is 1.56. The first-order valence-corrected chi connectivity index (χ1v) is 5.72. The topological polar surface area (TPSA) is 54.5 Å². The second kappa shape index (κ2) is 4.98. The van der Waals surface area contributed by atoms with Crippen molar-refractivity contribution >= 4 is 11.6 Å². The van der Waals surface area contributed by atoms with Crippen LogP contribution in [0.2, 0.25) is 5.15 Å². The summed E-state index contributed by atoms with van der Waals surface area (Å²) in [6, 6.07) is 5.31. The van der Waals surface area contributed by atoms with Crippen LogP contribution in [0.15, 0.2) is 24.5 Å². The van der Waals surface area contributed by atoms with Gasteiger partial charge in [0.25, 0.3) is 0 Å². The lowest BCUT2D eigenvalue weighted by Gasteiger charge is -2.06. The van der Waals surface area contributed by atoms with Crippen LogP contribution in [0.4, 0.5) is 0 Å². The normalized spacial score (nSPS) is 10.2. The molecule has 0 aromatic carbocycles. The Labute approximate surface area is 105 Å². The SMILES string of the molecule is CCCc1nccn1-c1cc(C#N)cc(Cl)n1. The van der Waals surface area contributed by atoms with Crippen LogP contribution in [-0.4, -0.2) is 14.5 Å². The van der Waals surface area contributed by atoms with Crippen LogP contribution in [0.1, 0.15) is 24.7 Å². The first-order valence-electron chi connectivity index (χ1n) is 5.35. The lowest BCUT2D eigenvalue weighted by molar-refractivity contribution is 0.798.